The molecule has 0 saturated heterocycles. The molecule has 9 heteroatoms. The summed E-state index contributed by atoms with van der Waals surface area (Å²) in [5.41, 5.74) is 2.91. The summed E-state index contributed by atoms with van der Waals surface area (Å²) in [6, 6.07) is 10.8. The lowest BCUT2D eigenvalue weighted by atomic mass is 10.1. The summed E-state index contributed by atoms with van der Waals surface area (Å²) in [7, 11) is 0. The van der Waals surface area contributed by atoms with E-state index in [0.29, 0.717) is 33.3 Å². The van der Waals surface area contributed by atoms with Crippen LogP contribution >= 0.6 is 35.0 Å². The standard InChI is InChI=1S/C22H22Cl2N4O2S/c1-4-7-28-20(12-30-19-6-5-14(2)15(3)8-19)26-27-22(28)31-13-21(29)25-18-10-16(23)9-17(24)11-18/h4-6,8-11H,1,7,12-13H2,2-3H3,(H,25,29). The van der Waals surface area contributed by atoms with Crippen molar-refractivity contribution in [3.8, 4) is 5.75 Å². The monoisotopic (exact) mass is 476 g/mol. The highest BCUT2D eigenvalue weighted by Crippen LogP contribution is 2.24. The summed E-state index contributed by atoms with van der Waals surface area (Å²) >= 11 is 13.2. The molecule has 3 aromatic rings. The van der Waals surface area contributed by atoms with Crippen LogP contribution in [0.5, 0.6) is 5.75 Å². The number of carbonyl (C=O) groups excluding carboxylic acids is 1. The first-order valence-electron chi connectivity index (χ1n) is 9.47. The molecule has 0 atom stereocenters. The number of ether oxygens (including phenoxy) is 1. The van der Waals surface area contributed by atoms with Gasteiger partial charge in [-0.3, -0.25) is 9.36 Å². The Kier molecular flexibility index (Phi) is 8.01. The van der Waals surface area contributed by atoms with Gasteiger partial charge in [0.1, 0.15) is 12.4 Å². The fourth-order valence-electron chi connectivity index (χ4n) is 2.75. The Morgan fingerprint density at radius 3 is 2.58 bits per heavy atom. The molecular weight excluding hydrogens is 455 g/mol. The third-order valence-electron chi connectivity index (χ3n) is 4.43. The van der Waals surface area contributed by atoms with Crippen molar-refractivity contribution in [1.29, 1.82) is 0 Å². The molecule has 1 N–H and O–H groups in total. The Bertz CT molecular complexity index is 1080. The summed E-state index contributed by atoms with van der Waals surface area (Å²) in [4.78, 5) is 12.3. The van der Waals surface area contributed by atoms with E-state index in [0.717, 1.165) is 11.3 Å². The largest absolute Gasteiger partial charge is 0.486 e. The van der Waals surface area contributed by atoms with Crippen molar-refractivity contribution in [2.75, 3.05) is 11.1 Å². The quantitative estimate of drug-likeness (QED) is 0.316. The number of hydrogen-bond acceptors (Lipinski definition) is 5. The molecule has 0 aliphatic carbocycles. The number of benzene rings is 2. The fraction of sp³-hybridized carbons (Fsp3) is 0.227. The zero-order valence-corrected chi connectivity index (χ0v) is 19.5. The van der Waals surface area contributed by atoms with Crippen LogP contribution in [0.3, 0.4) is 0 Å². The van der Waals surface area contributed by atoms with E-state index in [1.807, 2.05) is 29.7 Å². The topological polar surface area (TPSA) is 69.0 Å². The van der Waals surface area contributed by atoms with Crippen molar-refractivity contribution in [3.05, 3.63) is 76.0 Å². The minimum absolute atomic E-state index is 0.150. The van der Waals surface area contributed by atoms with Crippen LogP contribution in [0, 0.1) is 13.8 Å². The van der Waals surface area contributed by atoms with E-state index in [2.05, 4.69) is 29.0 Å². The van der Waals surface area contributed by atoms with Gasteiger partial charge in [0, 0.05) is 22.3 Å². The minimum Gasteiger partial charge on any atom is -0.486 e. The van der Waals surface area contributed by atoms with Gasteiger partial charge in [-0.2, -0.15) is 0 Å². The van der Waals surface area contributed by atoms with Gasteiger partial charge >= 0.3 is 0 Å². The maximum Gasteiger partial charge on any atom is 0.234 e. The first kappa shape index (κ1) is 23.2. The average molecular weight is 477 g/mol. The van der Waals surface area contributed by atoms with Crippen molar-refractivity contribution in [2.24, 2.45) is 0 Å². The molecule has 0 bridgehead atoms. The zero-order chi connectivity index (χ0) is 22.4. The van der Waals surface area contributed by atoms with Gasteiger partial charge in [-0.1, -0.05) is 47.1 Å². The summed E-state index contributed by atoms with van der Waals surface area (Å²) in [6.45, 7) is 8.66. The highest BCUT2D eigenvalue weighted by molar-refractivity contribution is 7.99. The Balaban J connectivity index is 1.63. The van der Waals surface area contributed by atoms with Gasteiger partial charge in [0.15, 0.2) is 11.0 Å². The molecule has 0 fully saturated rings. The Labute approximate surface area is 195 Å². The van der Waals surface area contributed by atoms with E-state index in [-0.39, 0.29) is 18.3 Å². The number of nitrogens with one attached hydrogen (secondary N) is 1. The minimum atomic E-state index is -0.204. The number of amides is 1. The van der Waals surface area contributed by atoms with Crippen LogP contribution in [0.4, 0.5) is 5.69 Å². The van der Waals surface area contributed by atoms with E-state index < -0.39 is 0 Å². The predicted molar refractivity (Wildman–Crippen MR) is 126 cm³/mol. The van der Waals surface area contributed by atoms with Crippen LogP contribution in [0.15, 0.2) is 54.2 Å². The number of hydrogen-bond donors (Lipinski definition) is 1. The van der Waals surface area contributed by atoms with Gasteiger partial charge in [-0.05, 0) is 55.3 Å². The van der Waals surface area contributed by atoms with Gasteiger partial charge in [0.05, 0.1) is 5.75 Å². The molecule has 0 spiro atoms. The summed E-state index contributed by atoms with van der Waals surface area (Å²) in [5.74, 6) is 1.37. The zero-order valence-electron chi connectivity index (χ0n) is 17.2. The van der Waals surface area contributed by atoms with Crippen LogP contribution in [0.25, 0.3) is 0 Å². The molecule has 6 nitrogen and oxygen atoms in total. The number of thioether (sulfide) groups is 1. The SMILES string of the molecule is C=CCn1c(COc2ccc(C)c(C)c2)nnc1SCC(=O)Nc1cc(Cl)cc(Cl)c1. The van der Waals surface area contributed by atoms with Crippen molar-refractivity contribution in [1.82, 2.24) is 14.8 Å². The van der Waals surface area contributed by atoms with E-state index in [1.165, 1.54) is 17.3 Å². The van der Waals surface area contributed by atoms with Crippen molar-refractivity contribution in [2.45, 2.75) is 32.2 Å². The molecule has 31 heavy (non-hydrogen) atoms. The first-order chi connectivity index (χ1) is 14.9. The van der Waals surface area contributed by atoms with Crippen LogP contribution in [-0.4, -0.2) is 26.4 Å². The number of aromatic nitrogens is 3. The number of anilines is 1. The number of nitrogens with zero attached hydrogens (tertiary/aromatic N) is 3. The van der Waals surface area contributed by atoms with E-state index in [4.69, 9.17) is 27.9 Å². The second-order valence-corrected chi connectivity index (χ2v) is 8.64. The molecule has 1 amide bonds. The highest BCUT2D eigenvalue weighted by Gasteiger charge is 2.14. The van der Waals surface area contributed by atoms with Gasteiger partial charge in [-0.15, -0.1) is 16.8 Å². The van der Waals surface area contributed by atoms with Crippen LogP contribution in [-0.2, 0) is 17.9 Å². The van der Waals surface area contributed by atoms with Crippen molar-refractivity contribution in [3.63, 3.8) is 0 Å². The molecule has 0 aliphatic rings. The van der Waals surface area contributed by atoms with Gasteiger partial charge in [0.25, 0.3) is 0 Å². The molecule has 0 saturated carbocycles. The van der Waals surface area contributed by atoms with E-state index in [9.17, 15) is 4.79 Å². The molecule has 1 heterocycles. The summed E-state index contributed by atoms with van der Waals surface area (Å²) in [6.07, 6.45) is 1.75. The van der Waals surface area contributed by atoms with Gasteiger partial charge in [0.2, 0.25) is 5.91 Å². The maximum atomic E-state index is 12.3. The molecule has 0 aliphatic heterocycles. The van der Waals surface area contributed by atoms with Crippen LogP contribution in [0.2, 0.25) is 10.0 Å². The summed E-state index contributed by atoms with van der Waals surface area (Å²) in [5, 5.41) is 12.7. The van der Waals surface area contributed by atoms with Crippen LogP contribution in [0.1, 0.15) is 17.0 Å². The predicted octanol–water partition coefficient (Wildman–Crippen LogP) is 5.70. The number of allylic oxidation sites excluding steroid dienone is 1. The average Bonchev–Trinajstić information content (AvgIpc) is 3.08. The lowest BCUT2D eigenvalue weighted by Gasteiger charge is -2.10. The fourth-order valence-corrected chi connectivity index (χ4v) is 4.04. The molecule has 162 valence electrons. The van der Waals surface area contributed by atoms with Gasteiger partial charge < -0.3 is 10.1 Å². The lowest BCUT2D eigenvalue weighted by Crippen LogP contribution is -2.15. The van der Waals surface area contributed by atoms with E-state index >= 15 is 0 Å². The molecule has 2 aromatic carbocycles. The van der Waals surface area contributed by atoms with Crippen molar-refractivity contribution < 1.29 is 9.53 Å². The second kappa shape index (κ2) is 10.7. The number of aryl methyl sites for hydroxylation is 2. The highest BCUT2D eigenvalue weighted by atomic mass is 35.5. The Hall–Kier alpha value is -2.48. The maximum absolute atomic E-state index is 12.3. The summed E-state index contributed by atoms with van der Waals surface area (Å²) < 4.78 is 7.76. The normalized spacial score (nSPS) is 10.7. The Morgan fingerprint density at radius 2 is 1.90 bits per heavy atom. The third kappa shape index (κ3) is 6.50. The second-order valence-electron chi connectivity index (χ2n) is 6.83. The molecular formula is C22H22Cl2N4O2S. The molecule has 3 rings (SSSR count). The third-order valence-corrected chi connectivity index (χ3v) is 5.83. The number of halogens is 2. The Morgan fingerprint density at radius 1 is 1.16 bits per heavy atom. The van der Waals surface area contributed by atoms with Gasteiger partial charge in [-0.25, -0.2) is 0 Å². The van der Waals surface area contributed by atoms with Crippen molar-refractivity contribution >= 4 is 46.6 Å². The molecule has 0 unspecified atom stereocenters. The molecule has 0 radical (unpaired) electrons. The number of carbonyl (C=O) groups is 1. The molecule has 1 aromatic heterocycles. The number of rotatable bonds is 9. The lowest BCUT2D eigenvalue weighted by molar-refractivity contribution is -0.113. The van der Waals surface area contributed by atoms with Crippen LogP contribution < -0.4 is 10.1 Å². The van der Waals surface area contributed by atoms with E-state index in [1.54, 1.807) is 24.3 Å². The first-order valence-corrected chi connectivity index (χ1v) is 11.2. The smallest absolute Gasteiger partial charge is 0.234 e.